The van der Waals surface area contributed by atoms with Crippen molar-refractivity contribution in [1.29, 1.82) is 0 Å². The van der Waals surface area contributed by atoms with Gasteiger partial charge in [0.15, 0.2) is 6.10 Å². The summed E-state index contributed by atoms with van der Waals surface area (Å²) >= 11 is 0. The molecular weight excluding hydrogens is 560 g/mol. The van der Waals surface area contributed by atoms with Crippen LogP contribution < -0.4 is 0 Å². The second kappa shape index (κ2) is 9.92. The highest BCUT2D eigenvalue weighted by Crippen LogP contribution is 2.91. The number of esters is 2. The van der Waals surface area contributed by atoms with Crippen LogP contribution in [0.4, 0.5) is 0 Å². The van der Waals surface area contributed by atoms with E-state index in [2.05, 4.69) is 41.5 Å². The molecule has 0 aromatic carbocycles. The predicted octanol–water partition coefficient (Wildman–Crippen LogP) is 6.16. The number of fused-ring (bicyclic) bond motifs is 4. The number of ether oxygens (including phenoxy) is 3. The lowest BCUT2D eigenvalue weighted by atomic mass is 9.41. The molecule has 8 nitrogen and oxygen atoms in total. The molecule has 8 heteroatoms. The highest BCUT2D eigenvalue weighted by molar-refractivity contribution is 5.90. The van der Waals surface area contributed by atoms with Crippen LogP contribution in [-0.4, -0.2) is 58.1 Å². The van der Waals surface area contributed by atoms with E-state index in [4.69, 9.17) is 19.3 Å². The van der Waals surface area contributed by atoms with E-state index in [9.17, 15) is 19.5 Å². The Balaban J connectivity index is 1.28. The van der Waals surface area contributed by atoms with Crippen molar-refractivity contribution in [3.63, 3.8) is 0 Å². The van der Waals surface area contributed by atoms with Crippen molar-refractivity contribution in [3.8, 4) is 0 Å². The van der Waals surface area contributed by atoms with Crippen LogP contribution in [0.2, 0.25) is 0 Å². The normalized spacial score (nSPS) is 49.2. The minimum atomic E-state index is -1.20. The lowest BCUT2D eigenvalue weighted by Crippen LogP contribution is -2.58. The second-order valence-corrected chi connectivity index (χ2v) is 17.6. The largest absolute Gasteiger partial charge is 0.481 e. The molecular formula is C36H56O8. The topological polar surface area (TPSA) is 119 Å². The summed E-state index contributed by atoms with van der Waals surface area (Å²) in [5.74, 6) is 0.266. The van der Waals surface area contributed by atoms with Gasteiger partial charge < -0.3 is 24.4 Å². The Labute approximate surface area is 263 Å². The number of carbonyl (C=O) groups is 3. The molecule has 5 saturated carbocycles. The van der Waals surface area contributed by atoms with Gasteiger partial charge in [-0.15, -0.1) is 0 Å². The Morgan fingerprint density at radius 3 is 2.20 bits per heavy atom. The third kappa shape index (κ3) is 4.10. The molecule has 1 aliphatic heterocycles. The van der Waals surface area contributed by atoms with Gasteiger partial charge in [-0.25, -0.2) is 0 Å². The summed E-state index contributed by atoms with van der Waals surface area (Å²) in [6.07, 6.45) is 6.43. The zero-order chi connectivity index (χ0) is 32.4. The number of aliphatic hydroxyl groups is 1. The van der Waals surface area contributed by atoms with Gasteiger partial charge in [-0.05, 0) is 116 Å². The Morgan fingerprint density at radius 2 is 1.59 bits per heavy atom. The maximum atomic E-state index is 12.4. The molecule has 5 aliphatic carbocycles. The lowest BCUT2D eigenvalue weighted by molar-refractivity contribution is -0.209. The number of carboxylic acids is 1. The first kappa shape index (κ1) is 32.3. The molecule has 0 aromatic rings. The zero-order valence-electron chi connectivity index (χ0n) is 28.4. The smallest absolute Gasteiger partial charge is 0.317 e. The van der Waals surface area contributed by atoms with Gasteiger partial charge in [-0.2, -0.15) is 0 Å². The van der Waals surface area contributed by atoms with Gasteiger partial charge in [0.25, 0.3) is 0 Å². The molecule has 0 aromatic heterocycles. The van der Waals surface area contributed by atoms with Crippen LogP contribution in [0.5, 0.6) is 0 Å². The Hall–Kier alpha value is -1.67. The first-order valence-corrected chi connectivity index (χ1v) is 17.2. The molecule has 4 unspecified atom stereocenters. The number of carbonyl (C=O) groups excluding carboxylic acids is 2. The van der Waals surface area contributed by atoms with Crippen molar-refractivity contribution >= 4 is 17.9 Å². The van der Waals surface area contributed by atoms with Crippen LogP contribution in [0.3, 0.4) is 0 Å². The number of rotatable bonds is 6. The number of hydrogen-bond acceptors (Lipinski definition) is 7. The van der Waals surface area contributed by atoms with E-state index in [1.165, 1.54) is 19.8 Å². The standard InChI is InChI=1S/C36H56O8/c1-19-16-22(30(32(6,7)41)42-21(3)37)43-23-18-34(9)25-11-10-24-31(4,5)26(44-28(40)17-27(38)39)12-13-35(24)20(2)36(25,35)15-14-33(34,8)29(19)23/h19-20,22-26,29-30,41H,10-18H2,1-9H3,(H,38,39)/t19?,20-,22-,23-,24?,25+,26+,29?,30+,33-,34+,35?,36+/m1/s1. The molecule has 13 atom stereocenters. The van der Waals surface area contributed by atoms with Gasteiger partial charge in [0, 0.05) is 12.3 Å². The molecule has 2 N–H and O–H groups in total. The van der Waals surface area contributed by atoms with Crippen molar-refractivity contribution in [2.75, 3.05) is 0 Å². The van der Waals surface area contributed by atoms with E-state index in [1.807, 2.05) is 0 Å². The summed E-state index contributed by atoms with van der Waals surface area (Å²) < 4.78 is 18.5. The molecule has 1 heterocycles. The van der Waals surface area contributed by atoms with Gasteiger partial charge in [0.2, 0.25) is 0 Å². The molecule has 44 heavy (non-hydrogen) atoms. The summed E-state index contributed by atoms with van der Waals surface area (Å²) in [5.41, 5.74) is -0.682. The van der Waals surface area contributed by atoms with Gasteiger partial charge >= 0.3 is 17.9 Å². The van der Waals surface area contributed by atoms with E-state index < -0.39 is 36.0 Å². The van der Waals surface area contributed by atoms with Crippen molar-refractivity contribution < 1.29 is 38.8 Å². The summed E-state index contributed by atoms with van der Waals surface area (Å²) in [6.45, 7) is 19.3. The monoisotopic (exact) mass is 616 g/mol. The average molecular weight is 617 g/mol. The predicted molar refractivity (Wildman–Crippen MR) is 163 cm³/mol. The highest BCUT2D eigenvalue weighted by atomic mass is 16.6. The molecule has 248 valence electrons. The van der Waals surface area contributed by atoms with Crippen LogP contribution in [0.15, 0.2) is 0 Å². The van der Waals surface area contributed by atoms with Crippen molar-refractivity contribution in [3.05, 3.63) is 0 Å². The first-order chi connectivity index (χ1) is 20.3. The Bertz CT molecular complexity index is 1220. The number of carboxylic acid groups (broad SMARTS) is 1. The molecule has 6 fully saturated rings. The number of aliphatic carboxylic acids is 1. The van der Waals surface area contributed by atoms with Gasteiger partial charge in [-0.3, -0.25) is 14.4 Å². The van der Waals surface area contributed by atoms with E-state index in [0.717, 1.165) is 38.5 Å². The second-order valence-electron chi connectivity index (χ2n) is 17.6. The van der Waals surface area contributed by atoms with Crippen molar-refractivity contribution in [1.82, 2.24) is 0 Å². The van der Waals surface area contributed by atoms with Gasteiger partial charge in [0.05, 0.1) is 17.8 Å². The van der Waals surface area contributed by atoms with Crippen LogP contribution in [0, 0.1) is 56.7 Å². The van der Waals surface area contributed by atoms with Crippen LogP contribution in [0.25, 0.3) is 0 Å². The van der Waals surface area contributed by atoms with Crippen LogP contribution >= 0.6 is 0 Å². The third-order valence-corrected chi connectivity index (χ3v) is 15.2. The van der Waals surface area contributed by atoms with Crippen molar-refractivity contribution in [2.24, 2.45) is 56.7 Å². The van der Waals surface area contributed by atoms with Gasteiger partial charge in [-0.1, -0.05) is 41.5 Å². The first-order valence-electron chi connectivity index (χ1n) is 17.2. The molecule has 0 bridgehead atoms. The fourth-order valence-electron chi connectivity index (χ4n) is 13.6. The quantitative estimate of drug-likeness (QED) is 0.269. The third-order valence-electron chi connectivity index (χ3n) is 15.2. The van der Waals surface area contributed by atoms with E-state index in [-0.39, 0.29) is 45.4 Å². The Kier molecular flexibility index (Phi) is 7.28. The maximum Gasteiger partial charge on any atom is 0.317 e. The highest BCUT2D eigenvalue weighted by Gasteiger charge is 2.86. The zero-order valence-corrected chi connectivity index (χ0v) is 28.4. The van der Waals surface area contributed by atoms with E-state index in [0.29, 0.717) is 29.6 Å². The molecule has 2 spiro atoms. The molecule has 0 radical (unpaired) electrons. The molecule has 6 aliphatic rings. The van der Waals surface area contributed by atoms with E-state index >= 15 is 0 Å². The number of hydrogen-bond donors (Lipinski definition) is 2. The maximum absolute atomic E-state index is 12.4. The van der Waals surface area contributed by atoms with Crippen molar-refractivity contribution in [2.45, 2.75) is 150 Å². The Morgan fingerprint density at radius 1 is 0.955 bits per heavy atom. The van der Waals surface area contributed by atoms with Crippen LogP contribution in [0.1, 0.15) is 120 Å². The SMILES string of the molecule is CC(=O)O[C@@H]([C@H]1CC(C)C2[C@@H](C[C@@]3(C)[C@@H]4CCC5C(C)(C)[C@@H](OC(=O)CC(=O)O)CCC56[C@@H](C)[C@@]46CC[C@]23C)O1)C(C)(C)O. The molecule has 6 rings (SSSR count). The van der Waals surface area contributed by atoms with E-state index in [1.54, 1.807) is 13.8 Å². The summed E-state index contributed by atoms with van der Waals surface area (Å²) in [7, 11) is 0. The average Bonchev–Trinajstić information content (AvgIpc) is 3.30. The fraction of sp³-hybridized carbons (Fsp3) is 0.917. The van der Waals surface area contributed by atoms with Crippen LogP contribution in [-0.2, 0) is 28.6 Å². The summed E-state index contributed by atoms with van der Waals surface area (Å²) in [5, 5.41) is 20.1. The van der Waals surface area contributed by atoms with Gasteiger partial charge in [0.1, 0.15) is 12.5 Å². The molecule has 0 amide bonds. The molecule has 1 saturated heterocycles. The summed E-state index contributed by atoms with van der Waals surface area (Å²) in [6, 6.07) is 0. The minimum Gasteiger partial charge on any atom is -0.481 e. The fourth-order valence-corrected chi connectivity index (χ4v) is 13.6. The minimum absolute atomic E-state index is 0.0675. The summed E-state index contributed by atoms with van der Waals surface area (Å²) in [4.78, 5) is 35.6. The lowest BCUT2D eigenvalue weighted by Gasteiger charge is -2.63.